The molecule has 3 N–H and O–H groups in total. The van der Waals surface area contributed by atoms with Gasteiger partial charge in [-0.1, -0.05) is 54.7 Å². The largest absolute Gasteiger partial charge is 0.348 e. The first kappa shape index (κ1) is 18.4. The molecule has 3 aromatic rings. The summed E-state index contributed by atoms with van der Waals surface area (Å²) in [5.41, 5.74) is 8.47. The number of aromatic nitrogens is 3. The highest BCUT2D eigenvalue weighted by molar-refractivity contribution is 7.18. The van der Waals surface area contributed by atoms with Gasteiger partial charge in [-0.3, -0.25) is 4.79 Å². The van der Waals surface area contributed by atoms with Crippen LogP contribution in [0.15, 0.2) is 30.6 Å². The molecular weight excluding hydrogens is 382 g/mol. The van der Waals surface area contributed by atoms with Crippen LogP contribution in [-0.4, -0.2) is 32.6 Å². The Morgan fingerprint density at radius 3 is 2.85 bits per heavy atom. The molecule has 0 atom stereocenters. The quantitative estimate of drug-likeness (QED) is 0.647. The lowest BCUT2D eigenvalue weighted by Crippen LogP contribution is -2.49. The van der Waals surface area contributed by atoms with Gasteiger partial charge in [0.2, 0.25) is 0 Å². The van der Waals surface area contributed by atoms with Crippen LogP contribution < -0.4 is 11.1 Å². The van der Waals surface area contributed by atoms with Gasteiger partial charge in [0.15, 0.2) is 5.01 Å². The van der Waals surface area contributed by atoms with Crippen LogP contribution >= 0.6 is 22.9 Å². The van der Waals surface area contributed by atoms with E-state index in [-0.39, 0.29) is 11.4 Å². The molecule has 0 unspecified atom stereocenters. The van der Waals surface area contributed by atoms with Crippen molar-refractivity contribution in [3.05, 3.63) is 39.9 Å². The summed E-state index contributed by atoms with van der Waals surface area (Å²) in [6, 6.07) is 5.78. The molecule has 6 nitrogen and oxygen atoms in total. The Kier molecular flexibility index (Phi) is 5.16. The third kappa shape index (κ3) is 3.85. The van der Waals surface area contributed by atoms with Crippen LogP contribution in [0.4, 0.5) is 0 Å². The Morgan fingerprint density at radius 1 is 1.30 bits per heavy atom. The van der Waals surface area contributed by atoms with E-state index in [2.05, 4.69) is 15.4 Å². The van der Waals surface area contributed by atoms with Gasteiger partial charge in [0, 0.05) is 23.8 Å². The van der Waals surface area contributed by atoms with E-state index < -0.39 is 0 Å². The van der Waals surface area contributed by atoms with Gasteiger partial charge in [-0.25, -0.2) is 9.50 Å². The number of carbonyl (C=O) groups is 1. The van der Waals surface area contributed by atoms with Crippen LogP contribution in [0.5, 0.6) is 0 Å². The minimum absolute atomic E-state index is 0.223. The number of nitrogens with one attached hydrogen (secondary N) is 1. The lowest BCUT2D eigenvalue weighted by Gasteiger charge is -2.28. The molecule has 0 bridgehead atoms. The van der Waals surface area contributed by atoms with Crippen molar-refractivity contribution in [1.29, 1.82) is 0 Å². The number of amides is 1. The molecule has 142 valence electrons. The summed E-state index contributed by atoms with van der Waals surface area (Å²) in [6.07, 6.45) is 10.1. The van der Waals surface area contributed by atoms with E-state index in [1.54, 1.807) is 10.7 Å². The monoisotopic (exact) mass is 403 g/mol. The molecule has 1 saturated carbocycles. The Hall–Kier alpha value is -1.96. The fraction of sp³-hybridized carbons (Fsp3) is 0.421. The second-order valence-electron chi connectivity index (χ2n) is 7.19. The normalized spacial score (nSPS) is 17.0. The first-order chi connectivity index (χ1) is 13.1. The summed E-state index contributed by atoms with van der Waals surface area (Å²) in [5.74, 6) is -0.223. The van der Waals surface area contributed by atoms with Crippen LogP contribution in [-0.2, 0) is 0 Å². The van der Waals surface area contributed by atoms with Gasteiger partial charge in [0.1, 0.15) is 10.0 Å². The number of carbonyl (C=O) groups excluding carboxylic acids is 1. The molecule has 1 amide bonds. The number of hydrogen-bond donors (Lipinski definition) is 2. The van der Waals surface area contributed by atoms with Crippen molar-refractivity contribution < 1.29 is 4.79 Å². The van der Waals surface area contributed by atoms with Gasteiger partial charge >= 0.3 is 0 Å². The number of rotatable bonds is 4. The van der Waals surface area contributed by atoms with E-state index in [9.17, 15) is 4.79 Å². The summed E-state index contributed by atoms with van der Waals surface area (Å²) in [6.45, 7) is 0.467. The molecule has 0 aliphatic heterocycles. The van der Waals surface area contributed by atoms with Gasteiger partial charge in [0.25, 0.3) is 5.91 Å². The van der Waals surface area contributed by atoms with Crippen molar-refractivity contribution in [1.82, 2.24) is 19.9 Å². The summed E-state index contributed by atoms with van der Waals surface area (Å²) >= 11 is 7.58. The van der Waals surface area contributed by atoms with Gasteiger partial charge in [0.05, 0.1) is 11.7 Å². The van der Waals surface area contributed by atoms with Crippen molar-refractivity contribution in [3.63, 3.8) is 0 Å². The fourth-order valence-electron chi connectivity index (χ4n) is 3.62. The highest BCUT2D eigenvalue weighted by Gasteiger charge is 2.27. The average Bonchev–Trinajstić information content (AvgIpc) is 3.19. The predicted molar refractivity (Wildman–Crippen MR) is 108 cm³/mol. The lowest BCUT2D eigenvalue weighted by atomic mass is 9.91. The summed E-state index contributed by atoms with van der Waals surface area (Å²) in [4.78, 5) is 17.1. The molecule has 0 aromatic carbocycles. The molecule has 1 fully saturated rings. The van der Waals surface area contributed by atoms with Crippen LogP contribution in [0, 0.1) is 0 Å². The van der Waals surface area contributed by atoms with E-state index >= 15 is 0 Å². The molecule has 27 heavy (non-hydrogen) atoms. The predicted octanol–water partition coefficient (Wildman–Crippen LogP) is 3.89. The Morgan fingerprint density at radius 2 is 2.07 bits per heavy atom. The second-order valence-corrected chi connectivity index (χ2v) is 8.79. The smallest absolute Gasteiger partial charge is 0.280 e. The first-order valence-corrected chi connectivity index (χ1v) is 10.4. The molecule has 0 saturated heterocycles. The number of hydrogen-bond acceptors (Lipinski definition) is 5. The van der Waals surface area contributed by atoms with Gasteiger partial charge in [-0.05, 0) is 25.0 Å². The lowest BCUT2D eigenvalue weighted by molar-refractivity contribution is 0.0941. The number of halogens is 1. The van der Waals surface area contributed by atoms with Gasteiger partial charge in [-0.2, -0.15) is 5.10 Å². The van der Waals surface area contributed by atoms with E-state index in [0.717, 1.165) is 36.8 Å². The maximum atomic E-state index is 12.6. The minimum Gasteiger partial charge on any atom is -0.348 e. The summed E-state index contributed by atoms with van der Waals surface area (Å²) in [5, 5.41) is 7.63. The van der Waals surface area contributed by atoms with Crippen molar-refractivity contribution in [2.75, 3.05) is 6.54 Å². The van der Waals surface area contributed by atoms with Crippen molar-refractivity contribution in [2.45, 2.75) is 44.1 Å². The van der Waals surface area contributed by atoms with Gasteiger partial charge < -0.3 is 11.1 Å². The topological polar surface area (TPSA) is 85.3 Å². The number of nitrogens with two attached hydrogens (primary N) is 1. The maximum absolute atomic E-state index is 12.6. The van der Waals surface area contributed by atoms with E-state index in [1.165, 1.54) is 24.2 Å². The molecule has 3 heterocycles. The number of thiazole rings is 1. The highest BCUT2D eigenvalue weighted by atomic mass is 35.5. The molecule has 1 aliphatic carbocycles. The van der Waals surface area contributed by atoms with Crippen molar-refractivity contribution in [3.8, 4) is 11.3 Å². The number of nitrogens with zero attached hydrogens (tertiary/aromatic N) is 3. The van der Waals surface area contributed by atoms with Crippen LogP contribution in [0.25, 0.3) is 16.8 Å². The van der Waals surface area contributed by atoms with Crippen LogP contribution in [0.2, 0.25) is 4.34 Å². The van der Waals surface area contributed by atoms with Crippen molar-refractivity contribution >= 4 is 34.4 Å². The van der Waals surface area contributed by atoms with Gasteiger partial charge in [-0.15, -0.1) is 0 Å². The highest BCUT2D eigenvalue weighted by Crippen LogP contribution is 2.35. The molecule has 8 heteroatoms. The number of pyridine rings is 1. The second kappa shape index (κ2) is 7.58. The fourth-order valence-corrected chi connectivity index (χ4v) is 4.71. The first-order valence-electron chi connectivity index (χ1n) is 9.22. The third-order valence-electron chi connectivity index (χ3n) is 5.16. The molecule has 3 aromatic heterocycles. The maximum Gasteiger partial charge on any atom is 0.280 e. The van der Waals surface area contributed by atoms with Crippen LogP contribution in [0.3, 0.4) is 0 Å². The van der Waals surface area contributed by atoms with Crippen molar-refractivity contribution in [2.24, 2.45) is 5.73 Å². The molecule has 1 aliphatic rings. The van der Waals surface area contributed by atoms with E-state index in [4.69, 9.17) is 17.3 Å². The van der Waals surface area contributed by atoms with E-state index in [0.29, 0.717) is 21.6 Å². The molecule has 4 rings (SSSR count). The SMILES string of the molecule is NC1(CNC(=O)c2nc(-c3cnn4ccccc34)c(Cl)s2)CCCCCC1. The third-order valence-corrected chi connectivity index (χ3v) is 6.42. The molecular formula is C19H22ClN5OS. The van der Waals surface area contributed by atoms with Crippen LogP contribution in [0.1, 0.15) is 48.3 Å². The zero-order chi connectivity index (χ0) is 18.9. The molecule has 0 radical (unpaired) electrons. The Labute approximate surface area is 166 Å². The van der Waals surface area contributed by atoms with E-state index in [1.807, 2.05) is 24.4 Å². The minimum atomic E-state index is -0.321. The average molecular weight is 404 g/mol. The number of fused-ring (bicyclic) bond motifs is 1. The summed E-state index contributed by atoms with van der Waals surface area (Å²) in [7, 11) is 0. The molecule has 0 spiro atoms. The Bertz CT molecular complexity index is 958. The standard InChI is InChI=1S/C19H22ClN5OS/c20-16-15(13-11-23-25-10-6-3-7-14(13)25)24-18(27-16)17(26)22-12-19(21)8-4-1-2-5-9-19/h3,6-7,10-11H,1-2,4-5,8-9,12,21H2,(H,22,26). The zero-order valence-electron chi connectivity index (χ0n) is 14.9. The Balaban J connectivity index is 1.51. The zero-order valence-corrected chi connectivity index (χ0v) is 16.5. The summed E-state index contributed by atoms with van der Waals surface area (Å²) < 4.78 is 2.24.